The Balaban J connectivity index is 1.30. The molecule has 1 aromatic rings. The topological polar surface area (TPSA) is 44.4 Å². The second-order valence-electron chi connectivity index (χ2n) is 7.70. The number of benzene rings is 1. The third kappa shape index (κ3) is 3.98. The van der Waals surface area contributed by atoms with Gasteiger partial charge in [-0.15, -0.1) is 0 Å². The van der Waals surface area contributed by atoms with Crippen LogP contribution in [-0.4, -0.2) is 57.8 Å². The van der Waals surface area contributed by atoms with Crippen molar-refractivity contribution in [3.05, 3.63) is 23.8 Å². The normalized spacial score (nSPS) is 27.0. The van der Waals surface area contributed by atoms with Gasteiger partial charge in [0.2, 0.25) is 5.78 Å². The first-order chi connectivity index (χ1) is 12.3. The number of quaternary nitrogens is 2. The predicted molar refractivity (Wildman–Crippen MR) is 94.9 cm³/mol. The summed E-state index contributed by atoms with van der Waals surface area (Å²) in [6.45, 7) is 6.39. The lowest BCUT2D eigenvalue weighted by atomic mass is 9.94. The van der Waals surface area contributed by atoms with E-state index in [-0.39, 0.29) is 5.78 Å². The molecule has 25 heavy (non-hydrogen) atoms. The minimum atomic E-state index is 0.216. The van der Waals surface area contributed by atoms with Crippen molar-refractivity contribution in [3.8, 4) is 11.5 Å². The SMILES string of the molecule is O=C(C[NH+]1CC[NH+](C2CCCCC2)CC1)c1ccc2c(c1)OCCO2. The van der Waals surface area contributed by atoms with Crippen LogP contribution >= 0.6 is 0 Å². The highest BCUT2D eigenvalue weighted by Crippen LogP contribution is 2.30. The standard InChI is InChI=1S/C20H28N2O3/c23-18(16-6-7-19-20(14-16)25-13-12-24-19)15-21-8-10-22(11-9-21)17-4-2-1-3-5-17/h6-7,14,17H,1-5,8-13,15H2/p+2. The molecular weight excluding hydrogens is 316 g/mol. The number of ether oxygens (including phenoxy) is 2. The molecule has 5 heteroatoms. The van der Waals surface area contributed by atoms with E-state index in [0.717, 1.165) is 30.4 Å². The first-order valence-electron chi connectivity index (χ1n) is 9.90. The lowest BCUT2D eigenvalue weighted by Gasteiger charge is -2.36. The Morgan fingerprint density at radius 2 is 1.68 bits per heavy atom. The maximum absolute atomic E-state index is 12.7. The van der Waals surface area contributed by atoms with Gasteiger partial charge in [0.25, 0.3) is 0 Å². The summed E-state index contributed by atoms with van der Waals surface area (Å²) in [7, 11) is 0. The number of fused-ring (bicyclic) bond motifs is 1. The van der Waals surface area contributed by atoms with E-state index in [1.54, 1.807) is 4.90 Å². The molecule has 2 heterocycles. The van der Waals surface area contributed by atoms with Crippen LogP contribution in [0, 0.1) is 0 Å². The minimum Gasteiger partial charge on any atom is -0.486 e. The van der Waals surface area contributed by atoms with Gasteiger partial charge in [-0.05, 0) is 43.9 Å². The molecule has 2 N–H and O–H groups in total. The van der Waals surface area contributed by atoms with Crippen molar-refractivity contribution in [2.75, 3.05) is 45.9 Å². The quantitative estimate of drug-likeness (QED) is 0.740. The van der Waals surface area contributed by atoms with Gasteiger partial charge >= 0.3 is 0 Å². The van der Waals surface area contributed by atoms with Gasteiger partial charge in [0.05, 0.1) is 6.04 Å². The molecule has 5 nitrogen and oxygen atoms in total. The van der Waals surface area contributed by atoms with E-state index in [4.69, 9.17) is 9.47 Å². The Kier molecular flexibility index (Phi) is 5.22. The average molecular weight is 346 g/mol. The zero-order chi connectivity index (χ0) is 17.1. The molecule has 1 saturated heterocycles. The van der Waals surface area contributed by atoms with Crippen LogP contribution in [-0.2, 0) is 0 Å². The summed E-state index contributed by atoms with van der Waals surface area (Å²) >= 11 is 0. The van der Waals surface area contributed by atoms with Gasteiger partial charge in [-0.3, -0.25) is 4.79 Å². The molecule has 0 bridgehead atoms. The molecule has 1 saturated carbocycles. The largest absolute Gasteiger partial charge is 0.486 e. The lowest BCUT2D eigenvalue weighted by Crippen LogP contribution is -3.30. The molecule has 0 atom stereocenters. The summed E-state index contributed by atoms with van der Waals surface area (Å²) in [5, 5.41) is 0. The van der Waals surface area contributed by atoms with E-state index in [9.17, 15) is 4.79 Å². The van der Waals surface area contributed by atoms with Gasteiger partial charge in [-0.1, -0.05) is 6.42 Å². The van der Waals surface area contributed by atoms with E-state index >= 15 is 0 Å². The monoisotopic (exact) mass is 346 g/mol. The number of Topliss-reactive ketones (excluding diaryl/α,β-unsaturated/α-hetero) is 1. The number of hydrogen-bond acceptors (Lipinski definition) is 3. The molecule has 2 aliphatic heterocycles. The predicted octanol–water partition coefficient (Wildman–Crippen LogP) is -0.243. The fourth-order valence-electron chi connectivity index (χ4n) is 4.57. The summed E-state index contributed by atoms with van der Waals surface area (Å²) in [6, 6.07) is 6.46. The van der Waals surface area contributed by atoms with Crippen molar-refractivity contribution in [3.63, 3.8) is 0 Å². The molecule has 1 aliphatic carbocycles. The Bertz CT molecular complexity index is 605. The maximum atomic E-state index is 12.7. The van der Waals surface area contributed by atoms with E-state index in [2.05, 4.69) is 0 Å². The summed E-state index contributed by atoms with van der Waals surface area (Å²) in [5.74, 6) is 1.67. The summed E-state index contributed by atoms with van der Waals surface area (Å²) < 4.78 is 11.1. The Morgan fingerprint density at radius 1 is 0.960 bits per heavy atom. The van der Waals surface area contributed by atoms with Crippen LogP contribution in [0.2, 0.25) is 0 Å². The third-order valence-electron chi connectivity index (χ3n) is 6.06. The van der Waals surface area contributed by atoms with E-state index in [0.29, 0.717) is 25.5 Å². The average Bonchev–Trinajstić information content (AvgIpc) is 2.69. The van der Waals surface area contributed by atoms with Crippen LogP contribution < -0.4 is 19.3 Å². The van der Waals surface area contributed by atoms with Gasteiger partial charge in [0, 0.05) is 5.56 Å². The molecule has 0 spiro atoms. The fraction of sp³-hybridized carbons (Fsp3) is 0.650. The number of hydrogen-bond donors (Lipinski definition) is 2. The number of piperazine rings is 1. The van der Waals surface area contributed by atoms with Gasteiger partial charge in [-0.25, -0.2) is 0 Å². The van der Waals surface area contributed by atoms with Crippen LogP contribution in [0.5, 0.6) is 11.5 Å². The fourth-order valence-corrected chi connectivity index (χ4v) is 4.57. The zero-order valence-corrected chi connectivity index (χ0v) is 15.0. The molecule has 0 unspecified atom stereocenters. The molecule has 3 aliphatic rings. The summed E-state index contributed by atoms with van der Waals surface area (Å²) in [5.41, 5.74) is 0.749. The van der Waals surface area contributed by atoms with Crippen LogP contribution in [0.15, 0.2) is 18.2 Å². The van der Waals surface area contributed by atoms with Crippen molar-refractivity contribution < 1.29 is 24.1 Å². The van der Waals surface area contributed by atoms with Crippen LogP contribution in [0.4, 0.5) is 0 Å². The van der Waals surface area contributed by atoms with Crippen molar-refractivity contribution in [2.45, 2.75) is 38.1 Å². The molecule has 4 rings (SSSR count). The van der Waals surface area contributed by atoms with E-state index < -0.39 is 0 Å². The molecular formula is C20H30N2O3+2. The molecule has 136 valence electrons. The van der Waals surface area contributed by atoms with Crippen LogP contribution in [0.3, 0.4) is 0 Å². The van der Waals surface area contributed by atoms with E-state index in [1.165, 1.54) is 50.1 Å². The second-order valence-corrected chi connectivity index (χ2v) is 7.70. The lowest BCUT2D eigenvalue weighted by molar-refractivity contribution is -1.02. The van der Waals surface area contributed by atoms with Crippen molar-refractivity contribution in [2.24, 2.45) is 0 Å². The highest BCUT2D eigenvalue weighted by Gasteiger charge is 2.31. The smallest absolute Gasteiger partial charge is 0.217 e. The molecule has 1 aromatic carbocycles. The van der Waals surface area contributed by atoms with Crippen LogP contribution in [0.25, 0.3) is 0 Å². The zero-order valence-electron chi connectivity index (χ0n) is 15.0. The summed E-state index contributed by atoms with van der Waals surface area (Å²) in [4.78, 5) is 15.9. The van der Waals surface area contributed by atoms with E-state index in [1.807, 2.05) is 18.2 Å². The van der Waals surface area contributed by atoms with Gasteiger partial charge in [0.1, 0.15) is 45.9 Å². The number of nitrogens with one attached hydrogen (secondary N) is 2. The number of rotatable bonds is 4. The Labute approximate surface area is 149 Å². The summed E-state index contributed by atoms with van der Waals surface area (Å²) in [6.07, 6.45) is 7.05. The first-order valence-corrected chi connectivity index (χ1v) is 9.90. The molecule has 0 amide bonds. The van der Waals surface area contributed by atoms with Crippen molar-refractivity contribution >= 4 is 5.78 Å². The van der Waals surface area contributed by atoms with Gasteiger partial charge in [-0.2, -0.15) is 0 Å². The first kappa shape index (κ1) is 16.9. The minimum absolute atomic E-state index is 0.216. The Morgan fingerprint density at radius 3 is 2.44 bits per heavy atom. The van der Waals surface area contributed by atoms with Crippen LogP contribution in [0.1, 0.15) is 42.5 Å². The van der Waals surface area contributed by atoms with Gasteiger partial charge in [0.15, 0.2) is 11.5 Å². The number of carbonyl (C=O) groups is 1. The number of ketones is 1. The molecule has 2 fully saturated rings. The Hall–Kier alpha value is -1.59. The molecule has 0 aromatic heterocycles. The molecule has 0 radical (unpaired) electrons. The highest BCUT2D eigenvalue weighted by atomic mass is 16.6. The maximum Gasteiger partial charge on any atom is 0.217 e. The van der Waals surface area contributed by atoms with Gasteiger partial charge < -0.3 is 19.3 Å². The highest BCUT2D eigenvalue weighted by molar-refractivity contribution is 5.97. The third-order valence-corrected chi connectivity index (χ3v) is 6.06. The number of carbonyl (C=O) groups excluding carboxylic acids is 1. The van der Waals surface area contributed by atoms with Crippen molar-refractivity contribution in [1.29, 1.82) is 0 Å². The second kappa shape index (κ2) is 7.75. The van der Waals surface area contributed by atoms with Crippen molar-refractivity contribution in [1.82, 2.24) is 0 Å².